The summed E-state index contributed by atoms with van der Waals surface area (Å²) in [7, 11) is -1.40. The van der Waals surface area contributed by atoms with Gasteiger partial charge in [-0.05, 0) is 30.2 Å². The SMILES string of the molecule is CCS(=O)(=O)[C@H]1[C@@H](CN)[C@@H]1c1ccc(OC)cc1. The number of hydrogen-bond acceptors (Lipinski definition) is 4. The Morgan fingerprint density at radius 3 is 2.33 bits per heavy atom. The Balaban J connectivity index is 2.23. The smallest absolute Gasteiger partial charge is 0.153 e. The van der Waals surface area contributed by atoms with Crippen LogP contribution in [0.4, 0.5) is 0 Å². The molecule has 5 heteroatoms. The van der Waals surface area contributed by atoms with Crippen LogP contribution < -0.4 is 10.5 Å². The third-order valence-electron chi connectivity index (χ3n) is 3.69. The average Bonchev–Trinajstić information content (AvgIpc) is 3.14. The first kappa shape index (κ1) is 13.4. The van der Waals surface area contributed by atoms with Crippen LogP contribution in [0.25, 0.3) is 0 Å². The van der Waals surface area contributed by atoms with Crippen molar-refractivity contribution in [1.29, 1.82) is 0 Å². The number of nitrogens with two attached hydrogens (primary N) is 1. The lowest BCUT2D eigenvalue weighted by Crippen LogP contribution is -2.15. The summed E-state index contributed by atoms with van der Waals surface area (Å²) in [5, 5.41) is -0.305. The van der Waals surface area contributed by atoms with Crippen molar-refractivity contribution < 1.29 is 13.2 Å². The molecule has 0 saturated heterocycles. The highest BCUT2D eigenvalue weighted by Gasteiger charge is 2.56. The van der Waals surface area contributed by atoms with Gasteiger partial charge < -0.3 is 10.5 Å². The molecule has 0 aromatic heterocycles. The summed E-state index contributed by atoms with van der Waals surface area (Å²) in [6.07, 6.45) is 0. The van der Waals surface area contributed by atoms with E-state index in [0.717, 1.165) is 11.3 Å². The van der Waals surface area contributed by atoms with E-state index in [0.29, 0.717) is 6.54 Å². The number of methoxy groups -OCH3 is 1. The Kier molecular flexibility index (Phi) is 3.64. The quantitative estimate of drug-likeness (QED) is 0.871. The highest BCUT2D eigenvalue weighted by Crippen LogP contribution is 2.52. The van der Waals surface area contributed by atoms with Crippen LogP contribution in [0.5, 0.6) is 5.75 Å². The van der Waals surface area contributed by atoms with Crippen LogP contribution in [0.2, 0.25) is 0 Å². The van der Waals surface area contributed by atoms with Gasteiger partial charge in [0.2, 0.25) is 0 Å². The van der Waals surface area contributed by atoms with E-state index in [1.165, 1.54) is 0 Å². The first-order valence-corrected chi connectivity index (χ1v) is 7.82. The van der Waals surface area contributed by atoms with Crippen LogP contribution >= 0.6 is 0 Å². The number of ether oxygens (including phenoxy) is 1. The molecule has 1 aliphatic rings. The molecule has 1 aliphatic carbocycles. The summed E-state index contributed by atoms with van der Waals surface area (Å²) < 4.78 is 29.0. The maximum atomic E-state index is 12.0. The van der Waals surface area contributed by atoms with Crippen molar-refractivity contribution in [1.82, 2.24) is 0 Å². The molecule has 1 saturated carbocycles. The molecule has 1 aromatic rings. The summed E-state index contributed by atoms with van der Waals surface area (Å²) in [6, 6.07) is 7.57. The number of rotatable bonds is 5. The number of benzene rings is 1. The predicted octanol–water partition coefficient (Wildman–Crippen LogP) is 1.17. The van der Waals surface area contributed by atoms with E-state index in [9.17, 15) is 8.42 Å². The molecule has 1 aromatic carbocycles. The van der Waals surface area contributed by atoms with Gasteiger partial charge in [-0.1, -0.05) is 19.1 Å². The van der Waals surface area contributed by atoms with Crippen molar-refractivity contribution in [3.8, 4) is 5.75 Å². The maximum absolute atomic E-state index is 12.0. The second-order valence-electron chi connectivity index (χ2n) is 4.61. The van der Waals surface area contributed by atoms with Crippen molar-refractivity contribution in [3.05, 3.63) is 29.8 Å². The lowest BCUT2D eigenvalue weighted by molar-refractivity contribution is 0.414. The van der Waals surface area contributed by atoms with Gasteiger partial charge in [-0.15, -0.1) is 0 Å². The summed E-state index contributed by atoms with van der Waals surface area (Å²) in [4.78, 5) is 0. The second-order valence-corrected chi connectivity index (χ2v) is 7.06. The third-order valence-corrected chi connectivity index (χ3v) is 5.96. The lowest BCUT2D eigenvalue weighted by Gasteiger charge is -2.03. The molecule has 1 fully saturated rings. The van der Waals surface area contributed by atoms with Crippen molar-refractivity contribution >= 4 is 9.84 Å². The molecule has 0 amide bonds. The highest BCUT2D eigenvalue weighted by atomic mass is 32.2. The van der Waals surface area contributed by atoms with Gasteiger partial charge >= 0.3 is 0 Å². The van der Waals surface area contributed by atoms with E-state index < -0.39 is 9.84 Å². The highest BCUT2D eigenvalue weighted by molar-refractivity contribution is 7.92. The fourth-order valence-corrected chi connectivity index (χ4v) is 4.48. The van der Waals surface area contributed by atoms with Gasteiger partial charge in [-0.3, -0.25) is 0 Å². The fourth-order valence-electron chi connectivity index (χ4n) is 2.57. The zero-order valence-electron chi connectivity index (χ0n) is 10.7. The zero-order chi connectivity index (χ0) is 13.3. The Bertz CT molecular complexity index is 510. The largest absolute Gasteiger partial charge is 0.497 e. The monoisotopic (exact) mass is 269 g/mol. The number of sulfone groups is 1. The first-order chi connectivity index (χ1) is 8.55. The van der Waals surface area contributed by atoms with Crippen LogP contribution in [0.15, 0.2) is 24.3 Å². The van der Waals surface area contributed by atoms with Gasteiger partial charge in [-0.25, -0.2) is 8.42 Å². The van der Waals surface area contributed by atoms with Crippen molar-refractivity contribution in [3.63, 3.8) is 0 Å². The Hall–Kier alpha value is -1.07. The van der Waals surface area contributed by atoms with E-state index in [1.54, 1.807) is 14.0 Å². The molecule has 3 atom stereocenters. The molecule has 2 rings (SSSR count). The molecule has 0 bridgehead atoms. The van der Waals surface area contributed by atoms with Gasteiger partial charge in [0.25, 0.3) is 0 Å². The van der Waals surface area contributed by atoms with Crippen LogP contribution in [-0.4, -0.2) is 33.1 Å². The topological polar surface area (TPSA) is 69.4 Å². The van der Waals surface area contributed by atoms with Gasteiger partial charge in [0.1, 0.15) is 5.75 Å². The average molecular weight is 269 g/mol. The lowest BCUT2D eigenvalue weighted by atomic mass is 10.1. The molecule has 0 heterocycles. The van der Waals surface area contributed by atoms with Crippen LogP contribution in [0, 0.1) is 5.92 Å². The molecule has 0 spiro atoms. The Labute approximate surface area is 108 Å². The normalized spacial score (nSPS) is 26.9. The summed E-state index contributed by atoms with van der Waals surface area (Å²) in [6.45, 7) is 2.10. The van der Waals surface area contributed by atoms with Gasteiger partial charge in [-0.2, -0.15) is 0 Å². The molecule has 0 unspecified atom stereocenters. The third kappa shape index (κ3) is 2.24. The van der Waals surface area contributed by atoms with E-state index in [-0.39, 0.29) is 22.8 Å². The minimum atomic E-state index is -3.01. The van der Waals surface area contributed by atoms with Crippen LogP contribution in [0.1, 0.15) is 18.4 Å². The maximum Gasteiger partial charge on any atom is 0.153 e. The van der Waals surface area contributed by atoms with Gasteiger partial charge in [0.15, 0.2) is 9.84 Å². The van der Waals surface area contributed by atoms with Crippen molar-refractivity contribution in [2.45, 2.75) is 18.1 Å². The van der Waals surface area contributed by atoms with E-state index in [4.69, 9.17) is 10.5 Å². The second kappa shape index (κ2) is 4.90. The first-order valence-electron chi connectivity index (χ1n) is 6.10. The van der Waals surface area contributed by atoms with Gasteiger partial charge in [0.05, 0.1) is 12.4 Å². The van der Waals surface area contributed by atoms with Crippen molar-refractivity contribution in [2.24, 2.45) is 11.7 Å². The molecular formula is C13H19NO3S. The van der Waals surface area contributed by atoms with Crippen molar-refractivity contribution in [2.75, 3.05) is 19.4 Å². The fraction of sp³-hybridized carbons (Fsp3) is 0.538. The summed E-state index contributed by atoms with van der Waals surface area (Å²) in [5.74, 6) is 1.06. The molecule has 2 N–H and O–H groups in total. The standard InChI is InChI=1S/C13H19NO3S/c1-3-18(15,16)13-11(8-14)12(13)9-4-6-10(17-2)7-5-9/h4-7,11-13H,3,8,14H2,1-2H3/t11-,12-,13-/m0/s1. The van der Waals surface area contributed by atoms with E-state index >= 15 is 0 Å². The molecule has 18 heavy (non-hydrogen) atoms. The minimum Gasteiger partial charge on any atom is -0.497 e. The molecular weight excluding hydrogens is 250 g/mol. The minimum absolute atomic E-state index is 0.0471. The number of hydrogen-bond donors (Lipinski definition) is 1. The zero-order valence-corrected chi connectivity index (χ0v) is 11.5. The van der Waals surface area contributed by atoms with E-state index in [1.807, 2.05) is 24.3 Å². The molecule has 100 valence electrons. The molecule has 4 nitrogen and oxygen atoms in total. The molecule has 0 aliphatic heterocycles. The summed E-state index contributed by atoms with van der Waals surface area (Å²) >= 11 is 0. The van der Waals surface area contributed by atoms with Gasteiger partial charge in [0, 0.05) is 11.7 Å². The Morgan fingerprint density at radius 2 is 1.89 bits per heavy atom. The summed E-state index contributed by atoms with van der Waals surface area (Å²) in [5.41, 5.74) is 6.71. The van der Waals surface area contributed by atoms with E-state index in [2.05, 4.69) is 0 Å². The predicted molar refractivity (Wildman–Crippen MR) is 71.5 cm³/mol. The molecule has 0 radical (unpaired) electrons. The Morgan fingerprint density at radius 1 is 1.28 bits per heavy atom. The van der Waals surface area contributed by atoms with Crippen LogP contribution in [0.3, 0.4) is 0 Å². The van der Waals surface area contributed by atoms with Crippen LogP contribution in [-0.2, 0) is 9.84 Å².